The Hall–Kier alpha value is -1.03. The molecule has 0 aromatic rings. The predicted octanol–water partition coefficient (Wildman–Crippen LogP) is 0.820. The Labute approximate surface area is 78.5 Å². The highest BCUT2D eigenvalue weighted by Crippen LogP contribution is 2.10. The Morgan fingerprint density at radius 2 is 2.31 bits per heavy atom. The molecule has 1 rings (SSSR count). The van der Waals surface area contributed by atoms with Gasteiger partial charge in [0.1, 0.15) is 5.84 Å². The number of nitrogens with zero attached hydrogens (tertiary/aromatic N) is 1. The zero-order valence-corrected chi connectivity index (χ0v) is 7.90. The van der Waals surface area contributed by atoms with Gasteiger partial charge in [-0.25, -0.2) is 0 Å². The minimum absolute atomic E-state index is 0.265. The van der Waals surface area contributed by atoms with Gasteiger partial charge in [-0.3, -0.25) is 0 Å². The van der Waals surface area contributed by atoms with Crippen LogP contribution in [0.4, 0.5) is 0 Å². The number of amidine groups is 1. The minimum atomic E-state index is 0.265. The summed E-state index contributed by atoms with van der Waals surface area (Å²) in [4.78, 5) is 0. The van der Waals surface area contributed by atoms with E-state index in [1.54, 1.807) is 0 Å². The van der Waals surface area contributed by atoms with Crippen LogP contribution in [0.15, 0.2) is 17.3 Å². The van der Waals surface area contributed by atoms with Crippen LogP contribution in [0.3, 0.4) is 0 Å². The van der Waals surface area contributed by atoms with E-state index in [0.717, 1.165) is 12.8 Å². The molecule has 1 atom stereocenters. The van der Waals surface area contributed by atoms with Crippen LogP contribution in [0.5, 0.6) is 0 Å². The number of rotatable bonds is 4. The molecule has 0 spiro atoms. The molecule has 0 bridgehead atoms. The Kier molecular flexibility index (Phi) is 3.76. The van der Waals surface area contributed by atoms with Crippen LogP contribution in [-0.4, -0.2) is 23.1 Å². The molecule has 0 amide bonds. The lowest BCUT2D eigenvalue weighted by atomic mass is 10.1. The third kappa shape index (κ3) is 3.46. The molecule has 0 aliphatic heterocycles. The molecule has 4 N–H and O–H groups in total. The summed E-state index contributed by atoms with van der Waals surface area (Å²) < 4.78 is 0. The largest absolute Gasteiger partial charge is 0.409 e. The average molecular weight is 183 g/mol. The standard InChI is InChI=1S/C9H17N3O/c1-7(6-9(10)12-13)11-8-4-2-3-5-8/h2-3,7-8,11,13H,4-6H2,1H3,(H2,10,12). The summed E-state index contributed by atoms with van der Waals surface area (Å²) in [6, 6.07) is 0.794. The van der Waals surface area contributed by atoms with Gasteiger partial charge in [0.25, 0.3) is 0 Å². The molecule has 74 valence electrons. The maximum absolute atomic E-state index is 8.37. The normalized spacial score (nSPS) is 20.8. The van der Waals surface area contributed by atoms with E-state index < -0.39 is 0 Å². The van der Waals surface area contributed by atoms with Crippen molar-refractivity contribution < 1.29 is 5.21 Å². The number of nitrogens with two attached hydrogens (primary N) is 1. The number of oxime groups is 1. The van der Waals surface area contributed by atoms with E-state index in [1.807, 2.05) is 6.92 Å². The maximum Gasteiger partial charge on any atom is 0.140 e. The van der Waals surface area contributed by atoms with E-state index in [1.165, 1.54) is 0 Å². The van der Waals surface area contributed by atoms with E-state index in [0.29, 0.717) is 12.5 Å². The lowest BCUT2D eigenvalue weighted by Gasteiger charge is -2.18. The molecule has 1 unspecified atom stereocenters. The van der Waals surface area contributed by atoms with E-state index in [9.17, 15) is 0 Å². The van der Waals surface area contributed by atoms with Gasteiger partial charge in [-0.1, -0.05) is 17.3 Å². The molecule has 0 radical (unpaired) electrons. The van der Waals surface area contributed by atoms with Gasteiger partial charge >= 0.3 is 0 Å². The van der Waals surface area contributed by atoms with E-state index in [4.69, 9.17) is 10.9 Å². The molecule has 0 saturated carbocycles. The van der Waals surface area contributed by atoms with Crippen molar-refractivity contribution >= 4 is 5.84 Å². The third-order valence-electron chi connectivity index (χ3n) is 2.17. The smallest absolute Gasteiger partial charge is 0.140 e. The summed E-state index contributed by atoms with van der Waals surface area (Å²) in [5, 5.41) is 14.7. The van der Waals surface area contributed by atoms with Crippen molar-refractivity contribution in [3.05, 3.63) is 12.2 Å². The van der Waals surface area contributed by atoms with Gasteiger partial charge in [-0.2, -0.15) is 0 Å². The number of hydrogen-bond acceptors (Lipinski definition) is 3. The molecule has 0 heterocycles. The Morgan fingerprint density at radius 3 is 2.85 bits per heavy atom. The monoisotopic (exact) mass is 183 g/mol. The molecule has 0 fully saturated rings. The van der Waals surface area contributed by atoms with Crippen LogP contribution in [0, 0.1) is 0 Å². The van der Waals surface area contributed by atoms with Crippen molar-refractivity contribution in [2.75, 3.05) is 0 Å². The van der Waals surface area contributed by atoms with Crippen LogP contribution in [0.25, 0.3) is 0 Å². The first-order valence-electron chi connectivity index (χ1n) is 4.60. The summed E-state index contributed by atoms with van der Waals surface area (Å²) in [6.45, 7) is 2.04. The Morgan fingerprint density at radius 1 is 1.69 bits per heavy atom. The summed E-state index contributed by atoms with van der Waals surface area (Å²) >= 11 is 0. The highest BCUT2D eigenvalue weighted by atomic mass is 16.4. The zero-order valence-electron chi connectivity index (χ0n) is 7.90. The van der Waals surface area contributed by atoms with Gasteiger partial charge in [0.05, 0.1) is 0 Å². The van der Waals surface area contributed by atoms with Crippen molar-refractivity contribution in [3.63, 3.8) is 0 Å². The lowest BCUT2D eigenvalue weighted by Crippen LogP contribution is -2.37. The number of nitrogens with one attached hydrogen (secondary N) is 1. The zero-order chi connectivity index (χ0) is 9.68. The first kappa shape index (κ1) is 10.1. The van der Waals surface area contributed by atoms with Gasteiger partial charge < -0.3 is 16.3 Å². The fraction of sp³-hybridized carbons (Fsp3) is 0.667. The molecule has 0 saturated heterocycles. The molecular formula is C9H17N3O. The van der Waals surface area contributed by atoms with Gasteiger partial charge in [0.15, 0.2) is 0 Å². The Balaban J connectivity index is 2.20. The van der Waals surface area contributed by atoms with Crippen molar-refractivity contribution in [1.29, 1.82) is 0 Å². The second-order valence-electron chi connectivity index (χ2n) is 3.50. The quantitative estimate of drug-likeness (QED) is 0.199. The van der Waals surface area contributed by atoms with Crippen LogP contribution in [0.1, 0.15) is 26.2 Å². The van der Waals surface area contributed by atoms with E-state index in [2.05, 4.69) is 22.6 Å². The SMILES string of the molecule is CC(C/C(N)=N/O)NC1CC=CC1. The number of hydrogen-bond donors (Lipinski definition) is 3. The van der Waals surface area contributed by atoms with Gasteiger partial charge in [-0.15, -0.1) is 0 Å². The first-order chi connectivity index (χ1) is 6.22. The average Bonchev–Trinajstić information content (AvgIpc) is 2.56. The molecule has 4 nitrogen and oxygen atoms in total. The van der Waals surface area contributed by atoms with Crippen molar-refractivity contribution in [2.24, 2.45) is 10.9 Å². The van der Waals surface area contributed by atoms with Crippen LogP contribution < -0.4 is 11.1 Å². The molecule has 1 aliphatic carbocycles. The minimum Gasteiger partial charge on any atom is -0.409 e. The molecule has 0 aromatic heterocycles. The third-order valence-corrected chi connectivity index (χ3v) is 2.17. The van der Waals surface area contributed by atoms with E-state index in [-0.39, 0.29) is 11.9 Å². The molecule has 13 heavy (non-hydrogen) atoms. The predicted molar refractivity (Wildman–Crippen MR) is 52.8 cm³/mol. The summed E-state index contributed by atoms with van der Waals surface area (Å²) in [6.07, 6.45) is 7.11. The lowest BCUT2D eigenvalue weighted by molar-refractivity contribution is 0.315. The molecular weight excluding hydrogens is 166 g/mol. The Bertz CT molecular complexity index is 205. The first-order valence-corrected chi connectivity index (χ1v) is 4.60. The van der Waals surface area contributed by atoms with Crippen LogP contribution >= 0.6 is 0 Å². The fourth-order valence-corrected chi connectivity index (χ4v) is 1.57. The maximum atomic E-state index is 8.37. The fourth-order valence-electron chi connectivity index (χ4n) is 1.57. The summed E-state index contributed by atoms with van der Waals surface area (Å²) in [7, 11) is 0. The summed E-state index contributed by atoms with van der Waals surface area (Å²) in [5.41, 5.74) is 5.39. The highest BCUT2D eigenvalue weighted by Gasteiger charge is 2.13. The molecule has 0 aromatic carbocycles. The van der Waals surface area contributed by atoms with Crippen LogP contribution in [0.2, 0.25) is 0 Å². The second-order valence-corrected chi connectivity index (χ2v) is 3.50. The van der Waals surface area contributed by atoms with Crippen molar-refractivity contribution in [1.82, 2.24) is 5.32 Å². The van der Waals surface area contributed by atoms with Gasteiger partial charge in [0, 0.05) is 18.5 Å². The highest BCUT2D eigenvalue weighted by molar-refractivity contribution is 5.80. The topological polar surface area (TPSA) is 70.6 Å². The summed E-state index contributed by atoms with van der Waals surface area (Å²) in [5.74, 6) is 0.283. The van der Waals surface area contributed by atoms with E-state index >= 15 is 0 Å². The molecule has 1 aliphatic rings. The van der Waals surface area contributed by atoms with Gasteiger partial charge in [0.2, 0.25) is 0 Å². The van der Waals surface area contributed by atoms with Crippen molar-refractivity contribution in [3.8, 4) is 0 Å². The van der Waals surface area contributed by atoms with Crippen molar-refractivity contribution in [2.45, 2.75) is 38.3 Å². The molecule has 4 heteroatoms. The van der Waals surface area contributed by atoms with Gasteiger partial charge in [-0.05, 0) is 19.8 Å². The second kappa shape index (κ2) is 4.87. The van der Waals surface area contributed by atoms with Crippen LogP contribution in [-0.2, 0) is 0 Å².